The van der Waals surface area contributed by atoms with Crippen LogP contribution in [0.15, 0.2) is 24.3 Å². The molecule has 0 heterocycles. The summed E-state index contributed by atoms with van der Waals surface area (Å²) in [6.45, 7) is 2.18. The number of nitrogens with one attached hydrogen (secondary N) is 1. The molecule has 1 atom stereocenters. The van der Waals surface area contributed by atoms with E-state index in [4.69, 9.17) is 10.5 Å². The standard InChI is InChI=1S/C19H28N2O2.ClH/c1-3-4-7-15(9-14-6-5-8-16(10-14)23-2)21-17(22)18-11-19(20,12-18)13-18;/h5-6,8,10,15H,3-4,7,9,11-13,20H2,1-2H3,(H,21,22);1H. The summed E-state index contributed by atoms with van der Waals surface area (Å²) in [4.78, 5) is 12.6. The van der Waals surface area contributed by atoms with E-state index < -0.39 is 0 Å². The number of methoxy groups -OCH3 is 1. The van der Waals surface area contributed by atoms with Crippen molar-refractivity contribution in [1.82, 2.24) is 5.32 Å². The van der Waals surface area contributed by atoms with Gasteiger partial charge in [-0.15, -0.1) is 12.4 Å². The third-order valence-electron chi connectivity index (χ3n) is 5.41. The number of hydrogen-bond donors (Lipinski definition) is 2. The number of unbranched alkanes of at least 4 members (excludes halogenated alkanes) is 1. The van der Waals surface area contributed by atoms with Crippen LogP contribution in [0.2, 0.25) is 0 Å². The van der Waals surface area contributed by atoms with Gasteiger partial charge in [0.05, 0.1) is 12.5 Å². The van der Waals surface area contributed by atoms with Crippen LogP contribution >= 0.6 is 12.4 Å². The molecule has 1 aromatic rings. The van der Waals surface area contributed by atoms with Crippen molar-refractivity contribution in [3.63, 3.8) is 0 Å². The van der Waals surface area contributed by atoms with Crippen molar-refractivity contribution in [3.05, 3.63) is 29.8 Å². The summed E-state index contributed by atoms with van der Waals surface area (Å²) in [5.41, 5.74) is 7.12. The fourth-order valence-corrected chi connectivity index (χ4v) is 4.21. The second kappa shape index (κ2) is 7.32. The normalized spacial score (nSPS) is 28.0. The molecule has 0 saturated heterocycles. The van der Waals surface area contributed by atoms with Crippen LogP contribution in [0.3, 0.4) is 0 Å². The topological polar surface area (TPSA) is 64.3 Å². The van der Waals surface area contributed by atoms with Crippen LogP contribution in [0.5, 0.6) is 5.75 Å². The highest BCUT2D eigenvalue weighted by atomic mass is 35.5. The highest BCUT2D eigenvalue weighted by Gasteiger charge is 2.69. The molecule has 5 heteroatoms. The molecule has 24 heavy (non-hydrogen) atoms. The molecule has 0 spiro atoms. The van der Waals surface area contributed by atoms with Gasteiger partial charge < -0.3 is 15.8 Å². The molecule has 1 amide bonds. The molecule has 1 aromatic carbocycles. The van der Waals surface area contributed by atoms with Gasteiger partial charge in [0.25, 0.3) is 0 Å². The van der Waals surface area contributed by atoms with E-state index in [0.717, 1.165) is 50.7 Å². The van der Waals surface area contributed by atoms with Gasteiger partial charge in [0, 0.05) is 11.6 Å². The Hall–Kier alpha value is -1.26. The quantitative estimate of drug-likeness (QED) is 0.755. The van der Waals surface area contributed by atoms with E-state index in [0.29, 0.717) is 0 Å². The number of benzene rings is 1. The highest BCUT2D eigenvalue weighted by molar-refractivity contribution is 5.87. The summed E-state index contributed by atoms with van der Waals surface area (Å²) in [6, 6.07) is 8.31. The first-order valence-electron chi connectivity index (χ1n) is 8.71. The average Bonchev–Trinajstić information content (AvgIpc) is 2.48. The molecule has 3 aliphatic rings. The molecule has 3 fully saturated rings. The van der Waals surface area contributed by atoms with Gasteiger partial charge in [-0.2, -0.15) is 0 Å². The summed E-state index contributed by atoms with van der Waals surface area (Å²) < 4.78 is 5.30. The van der Waals surface area contributed by atoms with Crippen LogP contribution < -0.4 is 15.8 Å². The van der Waals surface area contributed by atoms with Crippen molar-refractivity contribution >= 4 is 18.3 Å². The first-order chi connectivity index (χ1) is 11.0. The molecule has 3 N–H and O–H groups in total. The minimum atomic E-state index is -0.145. The first kappa shape index (κ1) is 19.1. The van der Waals surface area contributed by atoms with E-state index in [9.17, 15) is 4.79 Å². The van der Waals surface area contributed by atoms with Crippen molar-refractivity contribution in [2.45, 2.75) is 63.5 Å². The molecule has 3 aliphatic carbocycles. The number of halogens is 1. The molecule has 3 saturated carbocycles. The minimum Gasteiger partial charge on any atom is -0.497 e. The minimum absolute atomic E-state index is 0. The predicted molar refractivity (Wildman–Crippen MR) is 98.6 cm³/mol. The Kier molecular flexibility index (Phi) is 5.82. The van der Waals surface area contributed by atoms with E-state index in [1.165, 1.54) is 5.56 Å². The van der Waals surface area contributed by atoms with Gasteiger partial charge in [0.1, 0.15) is 5.75 Å². The Morgan fingerprint density at radius 2 is 2.08 bits per heavy atom. The summed E-state index contributed by atoms with van der Waals surface area (Å²) in [6.07, 6.45) is 6.74. The molecule has 2 bridgehead atoms. The largest absolute Gasteiger partial charge is 0.497 e. The second-order valence-corrected chi connectivity index (χ2v) is 7.54. The van der Waals surface area contributed by atoms with Crippen molar-refractivity contribution in [1.29, 1.82) is 0 Å². The third kappa shape index (κ3) is 3.70. The van der Waals surface area contributed by atoms with Crippen LogP contribution in [-0.4, -0.2) is 24.6 Å². The van der Waals surface area contributed by atoms with Crippen LogP contribution in [0.4, 0.5) is 0 Å². The Balaban J connectivity index is 0.00000208. The van der Waals surface area contributed by atoms with Crippen molar-refractivity contribution < 1.29 is 9.53 Å². The molecule has 0 aromatic heterocycles. The fourth-order valence-electron chi connectivity index (χ4n) is 4.21. The van der Waals surface area contributed by atoms with Gasteiger partial charge in [-0.05, 0) is 49.8 Å². The number of carbonyl (C=O) groups excluding carboxylic acids is 1. The second-order valence-electron chi connectivity index (χ2n) is 7.54. The average molecular weight is 353 g/mol. The smallest absolute Gasteiger partial charge is 0.226 e. The number of carbonyl (C=O) groups is 1. The third-order valence-corrected chi connectivity index (χ3v) is 5.41. The molecule has 1 unspecified atom stereocenters. The molecule has 4 rings (SSSR count). The predicted octanol–water partition coefficient (Wildman–Crippen LogP) is 3.22. The summed E-state index contributed by atoms with van der Waals surface area (Å²) in [5, 5.41) is 3.30. The van der Waals surface area contributed by atoms with E-state index in [1.54, 1.807) is 7.11 Å². The van der Waals surface area contributed by atoms with Crippen LogP contribution in [-0.2, 0) is 11.2 Å². The lowest BCUT2D eigenvalue weighted by Gasteiger charge is -2.67. The zero-order valence-corrected chi connectivity index (χ0v) is 15.5. The molecular formula is C19H29ClN2O2. The zero-order chi connectivity index (χ0) is 16.5. The Morgan fingerprint density at radius 1 is 1.38 bits per heavy atom. The summed E-state index contributed by atoms with van der Waals surface area (Å²) in [7, 11) is 1.68. The molecule has 0 radical (unpaired) electrons. The Bertz CT molecular complexity index is 571. The van der Waals surface area contributed by atoms with E-state index >= 15 is 0 Å². The molecule has 4 nitrogen and oxygen atoms in total. The van der Waals surface area contributed by atoms with Crippen LogP contribution in [0.1, 0.15) is 51.0 Å². The molecule has 134 valence electrons. The maximum atomic E-state index is 12.6. The van der Waals surface area contributed by atoms with Crippen LogP contribution in [0.25, 0.3) is 0 Å². The van der Waals surface area contributed by atoms with E-state index in [2.05, 4.69) is 24.4 Å². The van der Waals surface area contributed by atoms with E-state index in [1.807, 2.05) is 12.1 Å². The fraction of sp³-hybridized carbons (Fsp3) is 0.632. The monoisotopic (exact) mass is 352 g/mol. The number of ether oxygens (including phenoxy) is 1. The number of nitrogens with two attached hydrogens (primary N) is 1. The van der Waals surface area contributed by atoms with Crippen molar-refractivity contribution in [3.8, 4) is 5.75 Å². The highest BCUT2D eigenvalue weighted by Crippen LogP contribution is 2.65. The number of rotatable bonds is 8. The van der Waals surface area contributed by atoms with Gasteiger partial charge in [-0.25, -0.2) is 0 Å². The lowest BCUT2D eigenvalue weighted by atomic mass is 9.39. The molecule has 0 aliphatic heterocycles. The lowest BCUT2D eigenvalue weighted by molar-refractivity contribution is -0.173. The van der Waals surface area contributed by atoms with E-state index in [-0.39, 0.29) is 35.3 Å². The summed E-state index contributed by atoms with van der Waals surface area (Å²) in [5.74, 6) is 1.08. The molecular weight excluding hydrogens is 324 g/mol. The Labute approximate surface area is 150 Å². The summed E-state index contributed by atoms with van der Waals surface area (Å²) >= 11 is 0. The first-order valence-corrected chi connectivity index (χ1v) is 8.71. The number of hydrogen-bond acceptors (Lipinski definition) is 3. The van der Waals surface area contributed by atoms with Crippen molar-refractivity contribution in [2.24, 2.45) is 11.1 Å². The zero-order valence-electron chi connectivity index (χ0n) is 14.6. The SMILES string of the molecule is CCCCC(Cc1cccc(OC)c1)NC(=O)C12CC(N)(C1)C2.Cl. The van der Waals surface area contributed by atoms with Gasteiger partial charge in [-0.3, -0.25) is 4.79 Å². The number of amides is 1. The Morgan fingerprint density at radius 3 is 2.67 bits per heavy atom. The van der Waals surface area contributed by atoms with Crippen molar-refractivity contribution in [2.75, 3.05) is 7.11 Å². The lowest BCUT2D eigenvalue weighted by Crippen LogP contribution is -2.76. The maximum Gasteiger partial charge on any atom is 0.226 e. The van der Waals surface area contributed by atoms with Gasteiger partial charge >= 0.3 is 0 Å². The maximum absolute atomic E-state index is 12.6. The van der Waals surface area contributed by atoms with Gasteiger partial charge in [-0.1, -0.05) is 31.9 Å². The van der Waals surface area contributed by atoms with Crippen LogP contribution in [0, 0.1) is 5.41 Å². The van der Waals surface area contributed by atoms with Gasteiger partial charge in [0.15, 0.2) is 0 Å². The van der Waals surface area contributed by atoms with Gasteiger partial charge in [0.2, 0.25) is 5.91 Å².